The zero-order chi connectivity index (χ0) is 38.6. The number of benzene rings is 2. The fourth-order valence-electron chi connectivity index (χ4n) is 5.08. The highest BCUT2D eigenvalue weighted by Gasteiger charge is 2.54. The molecular weight excluding hydrogens is 758 g/mol. The van der Waals surface area contributed by atoms with Gasteiger partial charge in [-0.15, -0.1) is 0 Å². The second-order valence-corrected chi connectivity index (χ2v) is 13.7. The van der Waals surface area contributed by atoms with Crippen molar-refractivity contribution in [2.24, 2.45) is 0 Å². The third-order valence-electron chi connectivity index (χ3n) is 7.72. The molecule has 2 aromatic carbocycles. The van der Waals surface area contributed by atoms with Gasteiger partial charge in [0.15, 0.2) is 5.82 Å². The predicted octanol–water partition coefficient (Wildman–Crippen LogP) is 5.90. The van der Waals surface area contributed by atoms with Crippen LogP contribution in [0.1, 0.15) is 11.1 Å². The van der Waals surface area contributed by atoms with Crippen molar-refractivity contribution in [1.82, 2.24) is 24.2 Å². The third kappa shape index (κ3) is 9.76. The lowest BCUT2D eigenvalue weighted by Crippen LogP contribution is -2.51. The Morgan fingerprint density at radius 3 is 2.09 bits per heavy atom. The largest absolute Gasteiger partial charge is 0.458 e. The summed E-state index contributed by atoms with van der Waals surface area (Å²) in [6, 6.07) is 15.7. The summed E-state index contributed by atoms with van der Waals surface area (Å²) in [5, 5.41) is 9.82. The van der Waals surface area contributed by atoms with E-state index in [1.54, 1.807) is 41.4 Å². The predicted molar refractivity (Wildman–Crippen MR) is 180 cm³/mol. The van der Waals surface area contributed by atoms with E-state index in [9.17, 15) is 49.1 Å². The zero-order valence-electron chi connectivity index (χ0n) is 27.0. The number of fused-ring (bicyclic) bond motifs is 6. The Hall–Kier alpha value is -5.34. The van der Waals surface area contributed by atoms with Crippen molar-refractivity contribution < 1.29 is 49.1 Å². The van der Waals surface area contributed by atoms with Gasteiger partial charge in [-0.3, -0.25) is 14.6 Å². The van der Waals surface area contributed by atoms with Gasteiger partial charge in [-0.2, -0.15) is 35.6 Å². The van der Waals surface area contributed by atoms with E-state index in [0.29, 0.717) is 35.3 Å². The van der Waals surface area contributed by atoms with Gasteiger partial charge in [0.1, 0.15) is 5.02 Å². The maximum absolute atomic E-state index is 13.3. The van der Waals surface area contributed by atoms with Crippen molar-refractivity contribution in [3.05, 3.63) is 89.3 Å². The zero-order valence-corrected chi connectivity index (χ0v) is 28.6. The number of aromatic nitrogens is 3. The molecule has 0 spiro atoms. The van der Waals surface area contributed by atoms with Crippen LogP contribution in [0.15, 0.2) is 78.1 Å². The SMILES string of the molecule is O=C(C(=O)C(F)(F)F)C(F)(F)F.O=C(Nc1ccc2cc1CCc1cncc(c1)Nc1ncc(Cl)c(n1)N2)N1CCN(S(=O)(=O)c2ccccc2)CC1. The van der Waals surface area contributed by atoms with E-state index in [-0.39, 0.29) is 37.1 Å². The smallest absolute Gasteiger partial charge is 0.339 e. The number of anilines is 5. The minimum absolute atomic E-state index is 0.222. The molecule has 21 heteroatoms. The number of pyridine rings is 1. The molecule has 4 aromatic rings. The number of carbonyl (C=O) groups excluding carboxylic acids is 3. The van der Waals surface area contributed by atoms with Crippen molar-refractivity contribution in [3.8, 4) is 0 Å². The van der Waals surface area contributed by atoms with Crippen molar-refractivity contribution in [1.29, 1.82) is 0 Å². The number of rotatable bonds is 4. The first kappa shape index (κ1) is 38.9. The Morgan fingerprint density at radius 2 is 1.45 bits per heavy atom. The second kappa shape index (κ2) is 15.7. The van der Waals surface area contributed by atoms with Crippen LogP contribution in [0.5, 0.6) is 0 Å². The number of urea groups is 1. The quantitative estimate of drug-likeness (QED) is 0.168. The van der Waals surface area contributed by atoms with E-state index < -0.39 is 33.9 Å². The number of Topliss-reactive ketones (excluding diaryl/α,β-unsaturated/α-hetero) is 2. The first-order valence-corrected chi connectivity index (χ1v) is 17.2. The van der Waals surface area contributed by atoms with E-state index in [2.05, 4.69) is 30.9 Å². The Labute approximate surface area is 302 Å². The van der Waals surface area contributed by atoms with Crippen molar-refractivity contribution >= 4 is 68.1 Å². The van der Waals surface area contributed by atoms with E-state index in [0.717, 1.165) is 22.5 Å². The van der Waals surface area contributed by atoms with Crippen LogP contribution in [0.3, 0.4) is 0 Å². The number of aryl methyl sites for hydroxylation is 2. The lowest BCUT2D eigenvalue weighted by Gasteiger charge is -2.34. The molecule has 6 rings (SSSR count). The Kier molecular flexibility index (Phi) is 11.5. The molecule has 4 heterocycles. The van der Waals surface area contributed by atoms with Gasteiger partial charge in [-0.1, -0.05) is 29.8 Å². The van der Waals surface area contributed by atoms with Crippen LogP contribution in [0.2, 0.25) is 5.02 Å². The highest BCUT2D eigenvalue weighted by atomic mass is 35.5. The monoisotopic (exact) mass is 784 g/mol. The molecule has 0 unspecified atom stereocenters. The molecule has 6 bridgehead atoms. The van der Waals surface area contributed by atoms with Crippen LogP contribution < -0.4 is 16.0 Å². The Morgan fingerprint density at radius 1 is 0.792 bits per heavy atom. The number of sulfonamides is 1. The van der Waals surface area contributed by atoms with Crippen LogP contribution >= 0.6 is 11.6 Å². The molecule has 0 radical (unpaired) electrons. The fourth-order valence-corrected chi connectivity index (χ4v) is 6.66. The van der Waals surface area contributed by atoms with Gasteiger partial charge in [0.2, 0.25) is 16.0 Å². The van der Waals surface area contributed by atoms with Crippen LogP contribution in [0.25, 0.3) is 0 Å². The molecule has 1 saturated heterocycles. The van der Waals surface area contributed by atoms with E-state index >= 15 is 0 Å². The summed E-state index contributed by atoms with van der Waals surface area (Å²) >= 11 is 6.36. The van der Waals surface area contributed by atoms with Crippen LogP contribution in [-0.2, 0) is 32.5 Å². The molecule has 2 aliphatic rings. The average Bonchev–Trinajstić information content (AvgIpc) is 3.12. The molecule has 0 saturated carbocycles. The van der Waals surface area contributed by atoms with Gasteiger partial charge in [0.05, 0.1) is 23.0 Å². The van der Waals surface area contributed by atoms with Gasteiger partial charge < -0.3 is 20.9 Å². The van der Waals surface area contributed by atoms with Crippen molar-refractivity contribution in [2.45, 2.75) is 30.1 Å². The van der Waals surface area contributed by atoms with Crippen LogP contribution in [0.4, 0.5) is 60.0 Å². The second-order valence-electron chi connectivity index (χ2n) is 11.4. The summed E-state index contributed by atoms with van der Waals surface area (Å²) in [5.74, 6) is -5.99. The maximum Gasteiger partial charge on any atom is 0.458 e. The standard InChI is InChI=1S/C28H27ClN8O3S.C4F6O2/c29-24-18-31-27-33-22-14-19(16-30-17-22)6-7-20-15-21(32-26(24)35-27)8-9-25(20)34-28(38)36-10-12-37(13-11-36)41(39,40)23-4-2-1-3-5-23;5-3(6,7)1(11)2(12)4(8,9)10/h1-5,8-9,14-18H,6-7,10-13H2,(H,34,38)(H2,31,32,33,35);. The molecule has 0 aliphatic carbocycles. The fraction of sp³-hybridized carbons (Fsp3) is 0.250. The molecule has 53 heavy (non-hydrogen) atoms. The van der Waals surface area contributed by atoms with Gasteiger partial charge in [-0.25, -0.2) is 18.2 Å². The molecule has 2 aromatic heterocycles. The normalized spacial score (nSPS) is 14.8. The maximum atomic E-state index is 13.3. The highest BCUT2D eigenvalue weighted by Crippen LogP contribution is 2.30. The van der Waals surface area contributed by atoms with Gasteiger partial charge >= 0.3 is 30.0 Å². The lowest BCUT2D eigenvalue weighted by molar-refractivity contribution is -0.193. The van der Waals surface area contributed by atoms with Gasteiger partial charge in [-0.05, 0) is 60.4 Å². The average molecular weight is 785 g/mol. The summed E-state index contributed by atoms with van der Waals surface area (Å²) in [5.41, 5.74) is 4.11. The first-order chi connectivity index (χ1) is 24.9. The third-order valence-corrected chi connectivity index (χ3v) is 9.91. The minimum Gasteiger partial charge on any atom is -0.339 e. The lowest BCUT2D eigenvalue weighted by atomic mass is 10.0. The summed E-state index contributed by atoms with van der Waals surface area (Å²) in [7, 11) is -3.60. The summed E-state index contributed by atoms with van der Waals surface area (Å²) in [6.07, 6.45) is -5.19. The number of amides is 2. The van der Waals surface area contributed by atoms with Crippen molar-refractivity contribution in [3.63, 3.8) is 0 Å². The first-order valence-electron chi connectivity index (χ1n) is 15.4. The van der Waals surface area contributed by atoms with Crippen LogP contribution in [-0.4, -0.2) is 88.7 Å². The van der Waals surface area contributed by atoms with Gasteiger partial charge in [0, 0.05) is 43.8 Å². The summed E-state index contributed by atoms with van der Waals surface area (Å²) in [6.45, 7) is 1.01. The Bertz CT molecular complexity index is 2090. The number of hydrogen-bond donors (Lipinski definition) is 3. The number of hydrogen-bond acceptors (Lipinski definition) is 10. The topological polar surface area (TPSA) is 167 Å². The van der Waals surface area contributed by atoms with E-state index in [1.165, 1.54) is 10.5 Å². The molecular formula is C32H27ClF6N8O5S. The molecule has 2 amide bonds. The number of nitrogens with zero attached hydrogens (tertiary/aromatic N) is 5. The number of ketones is 2. The summed E-state index contributed by atoms with van der Waals surface area (Å²) < 4.78 is 94.3. The number of carbonyl (C=O) groups is 3. The molecule has 1 fully saturated rings. The molecule has 13 nitrogen and oxygen atoms in total. The van der Waals surface area contributed by atoms with Crippen molar-refractivity contribution in [2.75, 3.05) is 42.1 Å². The highest BCUT2D eigenvalue weighted by molar-refractivity contribution is 7.89. The number of alkyl halides is 6. The molecule has 2 aliphatic heterocycles. The number of halogens is 7. The Balaban J connectivity index is 0.000000390. The number of piperazine rings is 1. The minimum atomic E-state index is -5.77. The molecule has 3 N–H and O–H groups in total. The molecule has 280 valence electrons. The van der Waals surface area contributed by atoms with E-state index in [4.69, 9.17) is 11.6 Å². The summed E-state index contributed by atoms with van der Waals surface area (Å²) in [4.78, 5) is 47.5. The van der Waals surface area contributed by atoms with Crippen LogP contribution in [0, 0.1) is 0 Å². The number of nitrogens with one attached hydrogen (secondary N) is 3. The van der Waals surface area contributed by atoms with Gasteiger partial charge in [0.25, 0.3) is 0 Å². The molecule has 0 atom stereocenters. The van der Waals surface area contributed by atoms with E-state index in [1.807, 2.05) is 30.5 Å².